The van der Waals surface area contributed by atoms with Gasteiger partial charge in [0.2, 0.25) is 5.95 Å². The first kappa shape index (κ1) is 15.9. The predicted octanol–water partition coefficient (Wildman–Crippen LogP) is 3.35. The summed E-state index contributed by atoms with van der Waals surface area (Å²) in [6, 6.07) is 15.8. The molecule has 0 radical (unpaired) electrons. The minimum atomic E-state index is -0.285. The van der Waals surface area contributed by atoms with Crippen molar-refractivity contribution in [2.45, 2.75) is 0 Å². The molecule has 0 aliphatic rings. The summed E-state index contributed by atoms with van der Waals surface area (Å²) in [6.45, 7) is 0. The second-order valence-electron chi connectivity index (χ2n) is 4.92. The van der Waals surface area contributed by atoms with Gasteiger partial charge in [0.05, 0.1) is 11.9 Å². The molecule has 3 rings (SSSR count). The molecule has 1 heterocycles. The van der Waals surface area contributed by atoms with Crippen LogP contribution in [0, 0.1) is 0 Å². The standard InChI is InChI=1S/C17H13BrN4O2/c18-13-6-7-15(23)12(8-13)10-19-22-17-20-14(9-16(24)21-17)11-4-2-1-3-5-11/h1-10,23H,(H2,20,21,22,24)/b19-10-. The second kappa shape index (κ2) is 7.10. The molecule has 0 unspecified atom stereocenters. The monoisotopic (exact) mass is 384 g/mol. The molecule has 0 saturated heterocycles. The van der Waals surface area contributed by atoms with Crippen molar-refractivity contribution in [2.75, 3.05) is 5.43 Å². The van der Waals surface area contributed by atoms with Crippen LogP contribution in [0.1, 0.15) is 5.56 Å². The Morgan fingerprint density at radius 1 is 1.17 bits per heavy atom. The molecule has 0 fully saturated rings. The first-order valence-electron chi connectivity index (χ1n) is 7.06. The largest absolute Gasteiger partial charge is 0.507 e. The van der Waals surface area contributed by atoms with Crippen molar-refractivity contribution in [3.05, 3.63) is 75.0 Å². The van der Waals surface area contributed by atoms with Gasteiger partial charge in [-0.1, -0.05) is 46.3 Å². The van der Waals surface area contributed by atoms with E-state index in [0.717, 1.165) is 10.0 Å². The van der Waals surface area contributed by atoms with Crippen LogP contribution in [0.4, 0.5) is 5.95 Å². The van der Waals surface area contributed by atoms with E-state index >= 15 is 0 Å². The maximum atomic E-state index is 11.8. The fourth-order valence-electron chi connectivity index (χ4n) is 2.06. The van der Waals surface area contributed by atoms with Gasteiger partial charge in [-0.05, 0) is 18.2 Å². The molecule has 120 valence electrons. The van der Waals surface area contributed by atoms with Crippen molar-refractivity contribution in [1.82, 2.24) is 9.97 Å². The number of aromatic hydroxyl groups is 1. The molecule has 0 aliphatic heterocycles. The summed E-state index contributed by atoms with van der Waals surface area (Å²) in [6.07, 6.45) is 1.44. The summed E-state index contributed by atoms with van der Waals surface area (Å²) in [5.74, 6) is 0.315. The lowest BCUT2D eigenvalue weighted by Crippen LogP contribution is -2.10. The van der Waals surface area contributed by atoms with E-state index < -0.39 is 0 Å². The van der Waals surface area contributed by atoms with Gasteiger partial charge in [-0.15, -0.1) is 0 Å². The number of aromatic nitrogens is 2. The molecule has 0 saturated carbocycles. The lowest BCUT2D eigenvalue weighted by Gasteiger charge is -2.04. The van der Waals surface area contributed by atoms with Gasteiger partial charge in [-0.3, -0.25) is 9.78 Å². The summed E-state index contributed by atoms with van der Waals surface area (Å²) in [5, 5.41) is 13.8. The Hall–Kier alpha value is -2.93. The summed E-state index contributed by atoms with van der Waals surface area (Å²) >= 11 is 3.33. The van der Waals surface area contributed by atoms with E-state index in [0.29, 0.717) is 11.3 Å². The number of phenols is 1. The SMILES string of the molecule is O=c1cc(-c2ccccc2)nc(N/N=C\c2cc(Br)ccc2O)[nH]1. The highest BCUT2D eigenvalue weighted by atomic mass is 79.9. The zero-order valence-electron chi connectivity index (χ0n) is 12.4. The van der Waals surface area contributed by atoms with Gasteiger partial charge < -0.3 is 5.11 Å². The first-order valence-corrected chi connectivity index (χ1v) is 7.85. The number of nitrogens with one attached hydrogen (secondary N) is 2. The highest BCUT2D eigenvalue weighted by molar-refractivity contribution is 9.10. The third-order valence-electron chi connectivity index (χ3n) is 3.17. The molecular formula is C17H13BrN4O2. The fourth-order valence-corrected chi connectivity index (χ4v) is 2.44. The number of H-pyrrole nitrogens is 1. The average Bonchev–Trinajstić information content (AvgIpc) is 2.58. The van der Waals surface area contributed by atoms with Gasteiger partial charge in [-0.25, -0.2) is 10.4 Å². The highest BCUT2D eigenvalue weighted by Gasteiger charge is 2.03. The lowest BCUT2D eigenvalue weighted by molar-refractivity contribution is 0.474. The first-order chi connectivity index (χ1) is 11.6. The Labute approximate surface area is 146 Å². The minimum Gasteiger partial charge on any atom is -0.507 e. The Morgan fingerprint density at radius 2 is 1.96 bits per heavy atom. The number of aromatic amines is 1. The van der Waals surface area contributed by atoms with Crippen molar-refractivity contribution in [1.29, 1.82) is 0 Å². The Balaban J connectivity index is 1.83. The van der Waals surface area contributed by atoms with E-state index in [1.807, 2.05) is 30.3 Å². The Bertz CT molecular complexity index is 939. The van der Waals surface area contributed by atoms with Crippen molar-refractivity contribution < 1.29 is 5.11 Å². The van der Waals surface area contributed by atoms with Gasteiger partial charge in [0.1, 0.15) is 5.75 Å². The van der Waals surface area contributed by atoms with Crippen LogP contribution in [0.2, 0.25) is 0 Å². The van der Waals surface area contributed by atoms with Crippen LogP contribution in [-0.2, 0) is 0 Å². The van der Waals surface area contributed by atoms with E-state index in [-0.39, 0.29) is 17.3 Å². The molecular weight excluding hydrogens is 372 g/mol. The van der Waals surface area contributed by atoms with Gasteiger partial charge in [-0.2, -0.15) is 5.10 Å². The molecule has 6 nitrogen and oxygen atoms in total. The van der Waals surface area contributed by atoms with Gasteiger partial charge in [0, 0.05) is 21.7 Å². The zero-order chi connectivity index (χ0) is 16.9. The molecule has 3 aromatic rings. The lowest BCUT2D eigenvalue weighted by atomic mass is 10.1. The number of nitrogens with zero attached hydrogens (tertiary/aromatic N) is 2. The maximum absolute atomic E-state index is 11.8. The van der Waals surface area contributed by atoms with Crippen molar-refractivity contribution in [3.8, 4) is 17.0 Å². The van der Waals surface area contributed by atoms with Crippen LogP contribution in [0.25, 0.3) is 11.3 Å². The Kier molecular flexibility index (Phi) is 4.72. The van der Waals surface area contributed by atoms with Gasteiger partial charge >= 0.3 is 0 Å². The molecule has 1 aromatic heterocycles. The van der Waals surface area contributed by atoms with E-state index in [1.54, 1.807) is 18.2 Å². The smallest absolute Gasteiger partial charge is 0.252 e. The number of halogens is 1. The molecule has 3 N–H and O–H groups in total. The van der Waals surface area contributed by atoms with Crippen LogP contribution in [0.3, 0.4) is 0 Å². The van der Waals surface area contributed by atoms with E-state index in [1.165, 1.54) is 12.3 Å². The molecule has 0 spiro atoms. The third-order valence-corrected chi connectivity index (χ3v) is 3.67. The summed E-state index contributed by atoms with van der Waals surface area (Å²) in [4.78, 5) is 18.7. The fraction of sp³-hybridized carbons (Fsp3) is 0. The number of hydrogen-bond donors (Lipinski definition) is 3. The minimum absolute atomic E-state index is 0.100. The zero-order valence-corrected chi connectivity index (χ0v) is 14.0. The number of hydrogen-bond acceptors (Lipinski definition) is 5. The quantitative estimate of drug-likeness (QED) is 0.475. The number of anilines is 1. The highest BCUT2D eigenvalue weighted by Crippen LogP contribution is 2.20. The van der Waals surface area contributed by atoms with Crippen LogP contribution in [0.5, 0.6) is 5.75 Å². The van der Waals surface area contributed by atoms with Crippen LogP contribution >= 0.6 is 15.9 Å². The topological polar surface area (TPSA) is 90.4 Å². The molecule has 0 aliphatic carbocycles. The molecule has 0 amide bonds. The maximum Gasteiger partial charge on any atom is 0.252 e. The van der Waals surface area contributed by atoms with Crippen molar-refractivity contribution in [2.24, 2.45) is 5.10 Å². The number of phenolic OH excluding ortho intramolecular Hbond substituents is 1. The number of benzene rings is 2. The van der Waals surface area contributed by atoms with Crippen LogP contribution in [0.15, 0.2) is 69.0 Å². The van der Waals surface area contributed by atoms with E-state index in [9.17, 15) is 9.90 Å². The van der Waals surface area contributed by atoms with Crippen molar-refractivity contribution >= 4 is 28.1 Å². The summed E-state index contributed by atoms with van der Waals surface area (Å²) < 4.78 is 0.819. The molecule has 7 heteroatoms. The molecule has 0 bridgehead atoms. The van der Waals surface area contributed by atoms with Crippen molar-refractivity contribution in [3.63, 3.8) is 0 Å². The molecule has 0 atom stereocenters. The van der Waals surface area contributed by atoms with Gasteiger partial charge in [0.25, 0.3) is 5.56 Å². The number of hydrazone groups is 1. The second-order valence-corrected chi connectivity index (χ2v) is 5.83. The van der Waals surface area contributed by atoms with Gasteiger partial charge in [0.15, 0.2) is 0 Å². The number of rotatable bonds is 4. The summed E-state index contributed by atoms with van der Waals surface area (Å²) in [5.41, 5.74) is 4.29. The van der Waals surface area contributed by atoms with E-state index in [4.69, 9.17) is 0 Å². The van der Waals surface area contributed by atoms with E-state index in [2.05, 4.69) is 36.4 Å². The Morgan fingerprint density at radius 3 is 2.75 bits per heavy atom. The molecule has 2 aromatic carbocycles. The average molecular weight is 385 g/mol. The van der Waals surface area contributed by atoms with Crippen LogP contribution in [-0.4, -0.2) is 21.3 Å². The third kappa shape index (κ3) is 3.88. The molecule has 24 heavy (non-hydrogen) atoms. The summed E-state index contributed by atoms with van der Waals surface area (Å²) in [7, 11) is 0. The normalized spacial score (nSPS) is 10.9. The van der Waals surface area contributed by atoms with Crippen LogP contribution < -0.4 is 11.0 Å². The predicted molar refractivity (Wildman–Crippen MR) is 97.3 cm³/mol.